The van der Waals surface area contributed by atoms with E-state index in [1.54, 1.807) is 0 Å². The van der Waals surface area contributed by atoms with Crippen LogP contribution < -0.4 is 5.32 Å². The van der Waals surface area contributed by atoms with E-state index >= 15 is 0 Å². The van der Waals surface area contributed by atoms with E-state index in [9.17, 15) is 0 Å². The average Bonchev–Trinajstić information content (AvgIpc) is 3.18. The lowest BCUT2D eigenvalue weighted by Gasteiger charge is -2.22. The first-order valence-corrected chi connectivity index (χ1v) is 11.0. The lowest BCUT2D eigenvalue weighted by molar-refractivity contribution is 0.461. The van der Waals surface area contributed by atoms with Gasteiger partial charge in [-0.15, -0.1) is 12.4 Å². The molecule has 1 aromatic heterocycles. The zero-order valence-electron chi connectivity index (χ0n) is 17.7. The second kappa shape index (κ2) is 10.00. The fourth-order valence-corrected chi connectivity index (χ4v) is 4.55. The van der Waals surface area contributed by atoms with Crippen molar-refractivity contribution in [2.24, 2.45) is 0 Å². The van der Waals surface area contributed by atoms with Crippen LogP contribution in [0.1, 0.15) is 41.0 Å². The molecule has 3 heteroatoms. The van der Waals surface area contributed by atoms with Gasteiger partial charge < -0.3 is 9.88 Å². The number of halogens is 1. The summed E-state index contributed by atoms with van der Waals surface area (Å²) >= 11 is 0. The molecular weight excluding hydrogens is 400 g/mol. The minimum atomic E-state index is 0. The highest BCUT2D eigenvalue weighted by atomic mass is 35.5. The Morgan fingerprint density at radius 2 is 1.42 bits per heavy atom. The van der Waals surface area contributed by atoms with E-state index < -0.39 is 0 Å². The molecular formula is C28H29ClN2. The van der Waals surface area contributed by atoms with Crippen LogP contribution in [0.3, 0.4) is 0 Å². The van der Waals surface area contributed by atoms with Crippen LogP contribution in [0.4, 0.5) is 0 Å². The van der Waals surface area contributed by atoms with Crippen LogP contribution in [0.2, 0.25) is 0 Å². The molecule has 0 spiro atoms. The molecule has 1 saturated heterocycles. The van der Waals surface area contributed by atoms with Gasteiger partial charge in [0.25, 0.3) is 0 Å². The molecule has 1 N–H and O–H groups in total. The molecule has 5 rings (SSSR count). The maximum atomic E-state index is 3.49. The first-order valence-electron chi connectivity index (χ1n) is 11.0. The maximum absolute atomic E-state index is 3.49. The Kier molecular flexibility index (Phi) is 6.91. The highest BCUT2D eigenvalue weighted by Gasteiger charge is 2.20. The number of piperidine rings is 1. The van der Waals surface area contributed by atoms with Crippen LogP contribution >= 0.6 is 12.4 Å². The summed E-state index contributed by atoms with van der Waals surface area (Å²) in [5.74, 6) is 0.669. The van der Waals surface area contributed by atoms with Gasteiger partial charge in [0.2, 0.25) is 0 Å². The molecule has 3 aromatic carbocycles. The van der Waals surface area contributed by atoms with E-state index in [1.165, 1.54) is 46.0 Å². The summed E-state index contributed by atoms with van der Waals surface area (Å²) in [7, 11) is 0. The van der Waals surface area contributed by atoms with Crippen molar-refractivity contribution in [3.63, 3.8) is 0 Å². The van der Waals surface area contributed by atoms with Crippen LogP contribution in [-0.2, 0) is 6.54 Å². The van der Waals surface area contributed by atoms with Gasteiger partial charge in [-0.05, 0) is 60.2 Å². The van der Waals surface area contributed by atoms with Gasteiger partial charge in [0.05, 0.1) is 0 Å². The van der Waals surface area contributed by atoms with E-state index in [4.69, 9.17) is 0 Å². The minimum Gasteiger partial charge on any atom is -0.343 e. The molecule has 0 aliphatic carbocycles. The summed E-state index contributed by atoms with van der Waals surface area (Å²) < 4.78 is 2.43. The summed E-state index contributed by atoms with van der Waals surface area (Å²) in [6.45, 7) is 3.17. The number of hydrogen-bond donors (Lipinski definition) is 1. The Morgan fingerprint density at radius 3 is 2.16 bits per heavy atom. The highest BCUT2D eigenvalue weighted by molar-refractivity contribution is 5.85. The molecule has 1 fully saturated rings. The Morgan fingerprint density at radius 1 is 0.774 bits per heavy atom. The van der Waals surface area contributed by atoms with Gasteiger partial charge in [0.15, 0.2) is 0 Å². The monoisotopic (exact) mass is 428 g/mol. The molecule has 1 aliphatic rings. The van der Waals surface area contributed by atoms with Gasteiger partial charge >= 0.3 is 0 Å². The molecule has 0 radical (unpaired) electrons. The molecule has 31 heavy (non-hydrogen) atoms. The quantitative estimate of drug-likeness (QED) is 0.348. The summed E-state index contributed by atoms with van der Waals surface area (Å²) in [6.07, 6.45) is 9.22. The fraction of sp³-hybridized carbons (Fsp3) is 0.214. The number of benzene rings is 3. The first kappa shape index (κ1) is 21.4. The SMILES string of the molecule is C(=C\c1ccc(Cn2cc(C3CCNCC3)c3ccccc32)cc1)/c1ccccc1.Cl. The standard InChI is InChI=1S/C28H28N2.ClH/c1-2-6-22(7-3-1)10-11-23-12-14-24(15-13-23)20-30-21-27(25-16-18-29-19-17-25)26-8-4-5-9-28(26)30;/h1-15,21,25,29H,16-20H2;1H/b11-10+;. The van der Waals surface area contributed by atoms with E-state index in [2.05, 4.69) is 101 Å². The van der Waals surface area contributed by atoms with Crippen molar-refractivity contribution in [3.8, 4) is 0 Å². The van der Waals surface area contributed by atoms with Crippen molar-refractivity contribution in [1.82, 2.24) is 9.88 Å². The average molecular weight is 429 g/mol. The number of aromatic nitrogens is 1. The van der Waals surface area contributed by atoms with Crippen molar-refractivity contribution in [1.29, 1.82) is 0 Å². The first-order chi connectivity index (χ1) is 14.9. The third-order valence-corrected chi connectivity index (χ3v) is 6.20. The molecule has 0 unspecified atom stereocenters. The largest absolute Gasteiger partial charge is 0.343 e. The van der Waals surface area contributed by atoms with Crippen molar-refractivity contribution in [2.75, 3.05) is 13.1 Å². The molecule has 2 nitrogen and oxygen atoms in total. The normalized spacial score (nSPS) is 14.7. The van der Waals surface area contributed by atoms with Crippen molar-refractivity contribution in [3.05, 3.63) is 107 Å². The topological polar surface area (TPSA) is 17.0 Å². The van der Waals surface area contributed by atoms with Gasteiger partial charge in [-0.2, -0.15) is 0 Å². The zero-order chi connectivity index (χ0) is 20.2. The number of para-hydroxylation sites is 1. The number of fused-ring (bicyclic) bond motifs is 1. The number of rotatable bonds is 5. The molecule has 1 aliphatic heterocycles. The van der Waals surface area contributed by atoms with Crippen LogP contribution in [0, 0.1) is 0 Å². The van der Waals surface area contributed by atoms with E-state index in [-0.39, 0.29) is 12.4 Å². The van der Waals surface area contributed by atoms with Gasteiger partial charge in [0.1, 0.15) is 0 Å². The second-order valence-electron chi connectivity index (χ2n) is 8.24. The lowest BCUT2D eigenvalue weighted by atomic mass is 9.90. The summed E-state index contributed by atoms with van der Waals surface area (Å²) in [4.78, 5) is 0. The van der Waals surface area contributed by atoms with E-state index in [1.807, 2.05) is 6.07 Å². The van der Waals surface area contributed by atoms with Gasteiger partial charge in [-0.1, -0.05) is 84.9 Å². The van der Waals surface area contributed by atoms with Gasteiger partial charge in [-0.25, -0.2) is 0 Å². The summed E-state index contributed by atoms with van der Waals surface area (Å²) in [5.41, 5.74) is 6.67. The Hall–Kier alpha value is -2.81. The van der Waals surface area contributed by atoms with Gasteiger partial charge in [-0.3, -0.25) is 0 Å². The minimum absolute atomic E-state index is 0. The number of nitrogens with zero attached hydrogens (tertiary/aromatic N) is 1. The van der Waals surface area contributed by atoms with Crippen LogP contribution in [0.5, 0.6) is 0 Å². The molecule has 0 amide bonds. The number of hydrogen-bond acceptors (Lipinski definition) is 1. The molecule has 0 bridgehead atoms. The number of nitrogens with one attached hydrogen (secondary N) is 1. The molecule has 2 heterocycles. The van der Waals surface area contributed by atoms with Crippen LogP contribution in [-0.4, -0.2) is 17.7 Å². The van der Waals surface area contributed by atoms with Crippen molar-refractivity contribution >= 4 is 35.5 Å². The molecule has 0 saturated carbocycles. The molecule has 0 atom stereocenters. The molecule has 158 valence electrons. The Balaban J connectivity index is 0.00000231. The fourth-order valence-electron chi connectivity index (χ4n) is 4.55. The molecule has 4 aromatic rings. The predicted molar refractivity (Wildman–Crippen MR) is 135 cm³/mol. The Labute approximate surface area is 191 Å². The maximum Gasteiger partial charge on any atom is 0.0486 e. The second-order valence-corrected chi connectivity index (χ2v) is 8.24. The smallest absolute Gasteiger partial charge is 0.0486 e. The van der Waals surface area contributed by atoms with Crippen molar-refractivity contribution in [2.45, 2.75) is 25.3 Å². The van der Waals surface area contributed by atoms with Crippen LogP contribution in [0.25, 0.3) is 23.1 Å². The van der Waals surface area contributed by atoms with E-state index in [0.29, 0.717) is 5.92 Å². The third-order valence-electron chi connectivity index (χ3n) is 6.20. The lowest BCUT2D eigenvalue weighted by Crippen LogP contribution is -2.26. The zero-order valence-corrected chi connectivity index (χ0v) is 18.5. The van der Waals surface area contributed by atoms with Gasteiger partial charge in [0, 0.05) is 23.6 Å². The predicted octanol–water partition coefficient (Wildman–Crippen LogP) is 6.75. The van der Waals surface area contributed by atoms with Crippen LogP contribution in [0.15, 0.2) is 85.1 Å². The summed E-state index contributed by atoms with van der Waals surface area (Å²) in [5, 5.41) is 4.92. The Bertz CT molecular complexity index is 1140. The third kappa shape index (κ3) is 4.92. The summed E-state index contributed by atoms with van der Waals surface area (Å²) in [6, 6.07) is 28.3. The highest BCUT2D eigenvalue weighted by Crippen LogP contribution is 2.33. The van der Waals surface area contributed by atoms with Crippen molar-refractivity contribution < 1.29 is 0 Å². The van der Waals surface area contributed by atoms with E-state index in [0.717, 1.165) is 19.6 Å².